The van der Waals surface area contributed by atoms with Crippen molar-refractivity contribution in [2.75, 3.05) is 26.4 Å². The summed E-state index contributed by atoms with van der Waals surface area (Å²) in [6.45, 7) is 0.512. The SMILES string of the molecule is CN(C)S(=O)(=O)CCNC1CCCC(N)C1. The topological polar surface area (TPSA) is 75.4 Å². The number of rotatable bonds is 5. The van der Waals surface area contributed by atoms with Crippen LogP contribution in [0.5, 0.6) is 0 Å². The van der Waals surface area contributed by atoms with Gasteiger partial charge >= 0.3 is 0 Å². The Balaban J connectivity index is 2.25. The van der Waals surface area contributed by atoms with Crippen molar-refractivity contribution in [2.45, 2.75) is 37.8 Å². The van der Waals surface area contributed by atoms with Crippen LogP contribution in [0.15, 0.2) is 0 Å². The van der Waals surface area contributed by atoms with E-state index in [1.54, 1.807) is 14.1 Å². The van der Waals surface area contributed by atoms with E-state index in [9.17, 15) is 8.42 Å². The van der Waals surface area contributed by atoms with E-state index in [-0.39, 0.29) is 11.8 Å². The van der Waals surface area contributed by atoms with Crippen LogP contribution in [-0.4, -0.2) is 51.2 Å². The van der Waals surface area contributed by atoms with Gasteiger partial charge in [0.05, 0.1) is 5.75 Å². The molecule has 2 unspecified atom stereocenters. The molecule has 16 heavy (non-hydrogen) atoms. The smallest absolute Gasteiger partial charge is 0.214 e. The van der Waals surface area contributed by atoms with Crippen molar-refractivity contribution < 1.29 is 8.42 Å². The van der Waals surface area contributed by atoms with Crippen molar-refractivity contribution in [2.24, 2.45) is 5.73 Å². The molecule has 0 radical (unpaired) electrons. The minimum Gasteiger partial charge on any atom is -0.328 e. The van der Waals surface area contributed by atoms with Gasteiger partial charge in [-0.3, -0.25) is 0 Å². The van der Waals surface area contributed by atoms with Crippen LogP contribution in [0.1, 0.15) is 25.7 Å². The van der Waals surface area contributed by atoms with Crippen molar-refractivity contribution in [3.05, 3.63) is 0 Å². The highest BCUT2D eigenvalue weighted by Crippen LogP contribution is 2.16. The highest BCUT2D eigenvalue weighted by molar-refractivity contribution is 7.89. The summed E-state index contributed by atoms with van der Waals surface area (Å²) in [6.07, 6.45) is 4.30. The maximum absolute atomic E-state index is 11.5. The Morgan fingerprint density at radius 2 is 2.06 bits per heavy atom. The molecule has 0 amide bonds. The molecule has 0 aromatic heterocycles. The summed E-state index contributed by atoms with van der Waals surface area (Å²) in [5, 5.41) is 3.28. The average molecular weight is 249 g/mol. The monoisotopic (exact) mass is 249 g/mol. The standard InChI is InChI=1S/C10H23N3O2S/c1-13(2)16(14,15)7-6-12-10-5-3-4-9(11)8-10/h9-10,12H,3-8,11H2,1-2H3. The van der Waals surface area contributed by atoms with Gasteiger partial charge in [0.25, 0.3) is 0 Å². The molecule has 0 saturated heterocycles. The Hall–Kier alpha value is -0.170. The molecule has 2 atom stereocenters. The number of sulfonamides is 1. The van der Waals surface area contributed by atoms with Gasteiger partial charge in [-0.2, -0.15) is 0 Å². The first kappa shape index (κ1) is 13.9. The van der Waals surface area contributed by atoms with Crippen LogP contribution < -0.4 is 11.1 Å². The second-order valence-corrected chi connectivity index (χ2v) is 6.98. The molecule has 0 aromatic rings. The molecule has 96 valence electrons. The zero-order valence-corrected chi connectivity index (χ0v) is 11.0. The summed E-state index contributed by atoms with van der Waals surface area (Å²) in [5.74, 6) is 0.158. The molecule has 6 heteroatoms. The molecule has 1 fully saturated rings. The van der Waals surface area contributed by atoms with Gasteiger partial charge in [-0.1, -0.05) is 6.42 Å². The van der Waals surface area contributed by atoms with Crippen LogP contribution in [0.3, 0.4) is 0 Å². The summed E-state index contributed by atoms with van der Waals surface area (Å²) in [4.78, 5) is 0. The van der Waals surface area contributed by atoms with Crippen LogP contribution in [0.4, 0.5) is 0 Å². The van der Waals surface area contributed by atoms with E-state index in [0.717, 1.165) is 25.7 Å². The van der Waals surface area contributed by atoms with E-state index in [4.69, 9.17) is 5.73 Å². The number of hydrogen-bond acceptors (Lipinski definition) is 4. The molecule has 1 rings (SSSR count). The lowest BCUT2D eigenvalue weighted by atomic mass is 9.92. The lowest BCUT2D eigenvalue weighted by molar-refractivity contribution is 0.344. The van der Waals surface area contributed by atoms with Gasteiger partial charge in [0.2, 0.25) is 10.0 Å². The molecule has 1 aliphatic carbocycles. The molecule has 1 saturated carbocycles. The van der Waals surface area contributed by atoms with E-state index in [1.165, 1.54) is 4.31 Å². The predicted octanol–water partition coefficient (Wildman–Crippen LogP) is -0.263. The third kappa shape index (κ3) is 4.37. The Labute approximate surface area is 98.4 Å². The largest absolute Gasteiger partial charge is 0.328 e. The van der Waals surface area contributed by atoms with Gasteiger partial charge in [-0.25, -0.2) is 12.7 Å². The molecule has 5 nitrogen and oxygen atoms in total. The van der Waals surface area contributed by atoms with Crippen molar-refractivity contribution >= 4 is 10.0 Å². The van der Waals surface area contributed by atoms with Crippen LogP contribution >= 0.6 is 0 Å². The van der Waals surface area contributed by atoms with Crippen molar-refractivity contribution in [3.8, 4) is 0 Å². The summed E-state index contributed by atoms with van der Waals surface area (Å²) in [5.41, 5.74) is 5.86. The Kier molecular flexibility index (Phi) is 5.17. The average Bonchev–Trinajstić information content (AvgIpc) is 2.17. The van der Waals surface area contributed by atoms with Gasteiger partial charge in [-0.15, -0.1) is 0 Å². The fourth-order valence-corrected chi connectivity index (χ4v) is 2.73. The summed E-state index contributed by atoms with van der Waals surface area (Å²) >= 11 is 0. The molecule has 0 spiro atoms. The molecule has 1 aliphatic rings. The number of nitrogens with two attached hydrogens (primary N) is 1. The highest BCUT2D eigenvalue weighted by Gasteiger charge is 2.19. The third-order valence-electron chi connectivity index (χ3n) is 3.06. The maximum Gasteiger partial charge on any atom is 0.214 e. The second-order valence-electron chi connectivity index (χ2n) is 4.68. The molecule has 0 bridgehead atoms. The summed E-state index contributed by atoms with van der Waals surface area (Å²) in [7, 11) is 0.0498. The van der Waals surface area contributed by atoms with E-state index in [1.807, 2.05) is 0 Å². The predicted molar refractivity (Wildman–Crippen MR) is 65.7 cm³/mol. The molecule has 0 aromatic carbocycles. The van der Waals surface area contributed by atoms with E-state index >= 15 is 0 Å². The first-order valence-corrected chi connectivity index (χ1v) is 7.42. The van der Waals surface area contributed by atoms with Gasteiger partial charge < -0.3 is 11.1 Å². The zero-order valence-electron chi connectivity index (χ0n) is 10.1. The number of nitrogens with one attached hydrogen (secondary N) is 1. The van der Waals surface area contributed by atoms with Gasteiger partial charge in [0.1, 0.15) is 0 Å². The third-order valence-corrected chi connectivity index (χ3v) is 4.90. The minimum absolute atomic E-state index is 0.158. The Morgan fingerprint density at radius 3 is 2.62 bits per heavy atom. The lowest BCUT2D eigenvalue weighted by Crippen LogP contribution is -2.42. The van der Waals surface area contributed by atoms with Crippen LogP contribution in [0.2, 0.25) is 0 Å². The van der Waals surface area contributed by atoms with Crippen LogP contribution in [-0.2, 0) is 10.0 Å². The first-order valence-electron chi connectivity index (χ1n) is 5.81. The molecule has 3 N–H and O–H groups in total. The van der Waals surface area contributed by atoms with E-state index in [2.05, 4.69) is 5.32 Å². The van der Waals surface area contributed by atoms with Gasteiger partial charge in [-0.05, 0) is 19.3 Å². The molecular weight excluding hydrogens is 226 g/mol. The van der Waals surface area contributed by atoms with Crippen molar-refractivity contribution in [3.63, 3.8) is 0 Å². The molecular formula is C10H23N3O2S. The second kappa shape index (κ2) is 5.95. The first-order chi connectivity index (χ1) is 7.42. The van der Waals surface area contributed by atoms with Crippen LogP contribution in [0.25, 0.3) is 0 Å². The fraction of sp³-hybridized carbons (Fsp3) is 1.00. The van der Waals surface area contributed by atoms with Crippen molar-refractivity contribution in [1.82, 2.24) is 9.62 Å². The molecule has 0 heterocycles. The normalized spacial score (nSPS) is 27.2. The quantitative estimate of drug-likeness (QED) is 0.704. The number of nitrogens with zero attached hydrogens (tertiary/aromatic N) is 1. The Bertz CT molecular complexity index is 303. The summed E-state index contributed by atoms with van der Waals surface area (Å²) in [6, 6.07) is 0.665. The maximum atomic E-state index is 11.5. The Morgan fingerprint density at radius 1 is 1.38 bits per heavy atom. The lowest BCUT2D eigenvalue weighted by Gasteiger charge is -2.27. The van der Waals surface area contributed by atoms with Crippen molar-refractivity contribution in [1.29, 1.82) is 0 Å². The highest BCUT2D eigenvalue weighted by atomic mass is 32.2. The minimum atomic E-state index is -3.07. The van der Waals surface area contributed by atoms with Crippen LogP contribution in [0, 0.1) is 0 Å². The fourth-order valence-electron chi connectivity index (χ4n) is 1.99. The van der Waals surface area contributed by atoms with Gasteiger partial charge in [0, 0.05) is 32.7 Å². The molecule has 0 aliphatic heterocycles. The van der Waals surface area contributed by atoms with Gasteiger partial charge in [0.15, 0.2) is 0 Å². The number of hydrogen-bond donors (Lipinski definition) is 2. The summed E-state index contributed by atoms with van der Waals surface area (Å²) < 4.78 is 24.3. The zero-order chi connectivity index (χ0) is 12.2. The van der Waals surface area contributed by atoms with E-state index in [0.29, 0.717) is 12.6 Å². The van der Waals surface area contributed by atoms with E-state index < -0.39 is 10.0 Å².